The fourth-order valence-corrected chi connectivity index (χ4v) is 3.07. The normalized spacial score (nSPS) is 17.2. The summed E-state index contributed by atoms with van der Waals surface area (Å²) in [5.74, 6) is 0. The topological polar surface area (TPSA) is 82.0 Å². The molecule has 6 heteroatoms. The van der Waals surface area contributed by atoms with Crippen LogP contribution in [-0.2, 0) is 4.74 Å². The Balaban J connectivity index is 2.14. The lowest BCUT2D eigenvalue weighted by atomic mass is 9.92. The number of aromatic nitrogens is 2. The highest BCUT2D eigenvalue weighted by Gasteiger charge is 2.32. The minimum atomic E-state index is -0.360. The number of pyridine rings is 2. The second-order valence-corrected chi connectivity index (χ2v) is 6.28. The number of piperidine rings is 1. The number of H-pyrrole nitrogens is 1. The summed E-state index contributed by atoms with van der Waals surface area (Å²) in [6.45, 7) is 5.45. The van der Waals surface area contributed by atoms with Crippen LogP contribution in [0.5, 0.6) is 0 Å². The van der Waals surface area contributed by atoms with Crippen molar-refractivity contribution in [1.29, 1.82) is 5.26 Å². The van der Waals surface area contributed by atoms with Gasteiger partial charge in [-0.05, 0) is 38.8 Å². The molecule has 6 nitrogen and oxygen atoms in total. The molecule has 1 aliphatic heterocycles. The lowest BCUT2D eigenvalue weighted by molar-refractivity contribution is -0.0132. The zero-order valence-electron chi connectivity index (χ0n) is 13.6. The van der Waals surface area contributed by atoms with Crippen LogP contribution in [0.15, 0.2) is 16.9 Å². The quantitative estimate of drug-likeness (QED) is 0.918. The van der Waals surface area contributed by atoms with E-state index in [9.17, 15) is 10.1 Å². The van der Waals surface area contributed by atoms with Crippen LogP contribution in [0.2, 0.25) is 0 Å². The van der Waals surface area contributed by atoms with Gasteiger partial charge in [-0.2, -0.15) is 5.26 Å². The first-order valence-electron chi connectivity index (χ1n) is 7.71. The molecular weight excluding hydrogens is 292 g/mol. The number of nitriles is 1. The van der Waals surface area contributed by atoms with Crippen LogP contribution >= 0.6 is 0 Å². The summed E-state index contributed by atoms with van der Waals surface area (Å²) in [5, 5.41) is 9.46. The summed E-state index contributed by atoms with van der Waals surface area (Å²) < 4.78 is 5.57. The van der Waals surface area contributed by atoms with E-state index < -0.39 is 0 Å². The number of aryl methyl sites for hydroxylation is 1. The van der Waals surface area contributed by atoms with E-state index in [0.717, 1.165) is 31.6 Å². The van der Waals surface area contributed by atoms with Crippen LogP contribution in [0.1, 0.15) is 31.0 Å². The molecule has 0 bridgehead atoms. The van der Waals surface area contributed by atoms with Gasteiger partial charge in [0.25, 0.3) is 5.56 Å². The minimum absolute atomic E-state index is 0.136. The summed E-state index contributed by atoms with van der Waals surface area (Å²) in [6.07, 6.45) is 1.68. The second kappa shape index (κ2) is 5.67. The van der Waals surface area contributed by atoms with Gasteiger partial charge in [-0.25, -0.2) is 4.98 Å². The SMILES string of the molecule is COC1(C)CCN(c2c(C#N)c(=O)[nH]c3ccc(C)nc23)CC1. The molecular formula is C17H20N4O2. The van der Waals surface area contributed by atoms with E-state index in [2.05, 4.69) is 27.9 Å². The highest BCUT2D eigenvalue weighted by atomic mass is 16.5. The number of hydrogen-bond donors (Lipinski definition) is 1. The van der Waals surface area contributed by atoms with Crippen LogP contribution < -0.4 is 10.5 Å². The fourth-order valence-electron chi connectivity index (χ4n) is 3.07. The molecule has 1 fully saturated rings. The number of aromatic amines is 1. The number of nitrogens with one attached hydrogen (secondary N) is 1. The standard InChI is InChI=1S/C17H20N4O2/c1-11-4-5-13-14(19-11)15(12(10-18)16(22)20-13)21-8-6-17(2,23-3)7-9-21/h4-5H,6-9H2,1-3H3,(H,20,22). The summed E-state index contributed by atoms with van der Waals surface area (Å²) in [6, 6.07) is 5.74. The number of fused-ring (bicyclic) bond motifs is 1. The van der Waals surface area contributed by atoms with Gasteiger partial charge in [-0.1, -0.05) is 0 Å². The molecule has 2 aromatic heterocycles. The molecule has 0 atom stereocenters. The molecule has 0 saturated carbocycles. The molecule has 2 aromatic rings. The van der Waals surface area contributed by atoms with Crippen molar-refractivity contribution in [3.8, 4) is 6.07 Å². The van der Waals surface area contributed by atoms with E-state index >= 15 is 0 Å². The van der Waals surface area contributed by atoms with Crippen molar-refractivity contribution < 1.29 is 4.74 Å². The third kappa shape index (κ3) is 2.68. The molecule has 1 saturated heterocycles. The van der Waals surface area contributed by atoms with E-state index in [1.807, 2.05) is 19.1 Å². The van der Waals surface area contributed by atoms with Gasteiger partial charge in [-0.15, -0.1) is 0 Å². The predicted molar refractivity (Wildman–Crippen MR) is 88.7 cm³/mol. The van der Waals surface area contributed by atoms with Crippen LogP contribution in [0.25, 0.3) is 11.0 Å². The Morgan fingerprint density at radius 3 is 2.70 bits per heavy atom. The van der Waals surface area contributed by atoms with Crippen LogP contribution in [0.4, 0.5) is 5.69 Å². The van der Waals surface area contributed by atoms with E-state index in [1.54, 1.807) is 7.11 Å². The predicted octanol–water partition coefficient (Wildman–Crippen LogP) is 2.11. The maximum Gasteiger partial charge on any atom is 0.268 e. The Labute approximate surface area is 134 Å². The summed E-state index contributed by atoms with van der Waals surface area (Å²) >= 11 is 0. The molecule has 0 spiro atoms. The van der Waals surface area contributed by atoms with Gasteiger partial charge in [0.15, 0.2) is 0 Å². The molecule has 1 N–H and O–H groups in total. The third-order valence-corrected chi connectivity index (χ3v) is 4.71. The number of ether oxygens (including phenoxy) is 1. The summed E-state index contributed by atoms with van der Waals surface area (Å²) in [7, 11) is 1.73. The van der Waals surface area contributed by atoms with E-state index in [1.165, 1.54) is 0 Å². The van der Waals surface area contributed by atoms with Gasteiger partial charge in [-0.3, -0.25) is 4.79 Å². The second-order valence-electron chi connectivity index (χ2n) is 6.28. The van der Waals surface area contributed by atoms with Gasteiger partial charge in [0.2, 0.25) is 0 Å². The van der Waals surface area contributed by atoms with Crippen LogP contribution in [-0.4, -0.2) is 35.8 Å². The van der Waals surface area contributed by atoms with Gasteiger partial charge < -0.3 is 14.6 Å². The Bertz CT molecular complexity index is 842. The monoisotopic (exact) mass is 312 g/mol. The first kappa shape index (κ1) is 15.5. The highest BCUT2D eigenvalue weighted by molar-refractivity contribution is 5.91. The molecule has 3 rings (SSSR count). The highest BCUT2D eigenvalue weighted by Crippen LogP contribution is 2.32. The Hall–Kier alpha value is -2.39. The van der Waals surface area contributed by atoms with E-state index in [4.69, 9.17) is 4.74 Å². The van der Waals surface area contributed by atoms with Crippen molar-refractivity contribution in [3.63, 3.8) is 0 Å². The molecule has 0 aliphatic carbocycles. The number of hydrogen-bond acceptors (Lipinski definition) is 5. The number of anilines is 1. The lowest BCUT2D eigenvalue weighted by Crippen LogP contribution is -2.44. The Kier molecular flexibility index (Phi) is 3.82. The first-order valence-corrected chi connectivity index (χ1v) is 7.71. The van der Waals surface area contributed by atoms with Crippen molar-refractivity contribution in [3.05, 3.63) is 33.7 Å². The zero-order chi connectivity index (χ0) is 16.6. The molecule has 0 amide bonds. The van der Waals surface area contributed by atoms with Gasteiger partial charge >= 0.3 is 0 Å². The van der Waals surface area contributed by atoms with Gasteiger partial charge in [0.1, 0.15) is 17.1 Å². The van der Waals surface area contributed by atoms with E-state index in [0.29, 0.717) is 16.7 Å². The van der Waals surface area contributed by atoms with E-state index in [-0.39, 0.29) is 16.7 Å². The van der Waals surface area contributed by atoms with Crippen LogP contribution in [0.3, 0.4) is 0 Å². The molecule has 120 valence electrons. The molecule has 23 heavy (non-hydrogen) atoms. The molecule has 0 unspecified atom stereocenters. The molecule has 0 aromatic carbocycles. The average molecular weight is 312 g/mol. The largest absolute Gasteiger partial charge is 0.378 e. The van der Waals surface area contributed by atoms with Crippen molar-refractivity contribution in [2.45, 2.75) is 32.3 Å². The number of nitrogens with zero attached hydrogens (tertiary/aromatic N) is 3. The summed E-state index contributed by atoms with van der Waals surface area (Å²) in [5.41, 5.74) is 2.47. The maximum atomic E-state index is 12.2. The maximum absolute atomic E-state index is 12.2. The van der Waals surface area contributed by atoms with Crippen molar-refractivity contribution in [2.75, 3.05) is 25.1 Å². The average Bonchev–Trinajstić information content (AvgIpc) is 2.55. The van der Waals surface area contributed by atoms with Gasteiger partial charge in [0, 0.05) is 25.9 Å². The molecule has 1 aliphatic rings. The van der Waals surface area contributed by atoms with Gasteiger partial charge in [0.05, 0.1) is 16.8 Å². The van der Waals surface area contributed by atoms with Crippen molar-refractivity contribution >= 4 is 16.7 Å². The molecule has 0 radical (unpaired) electrons. The summed E-state index contributed by atoms with van der Waals surface area (Å²) in [4.78, 5) is 21.6. The zero-order valence-corrected chi connectivity index (χ0v) is 13.6. The number of rotatable bonds is 2. The third-order valence-electron chi connectivity index (χ3n) is 4.71. The molecule has 3 heterocycles. The van der Waals surface area contributed by atoms with Crippen molar-refractivity contribution in [1.82, 2.24) is 9.97 Å². The Morgan fingerprint density at radius 2 is 2.09 bits per heavy atom. The van der Waals surface area contributed by atoms with Crippen molar-refractivity contribution in [2.24, 2.45) is 0 Å². The lowest BCUT2D eigenvalue weighted by Gasteiger charge is -2.39. The minimum Gasteiger partial charge on any atom is -0.378 e. The van der Waals surface area contributed by atoms with Crippen LogP contribution in [0, 0.1) is 18.3 Å². The smallest absolute Gasteiger partial charge is 0.268 e. The fraction of sp³-hybridized carbons (Fsp3) is 0.471. The number of methoxy groups -OCH3 is 1. The first-order chi connectivity index (χ1) is 11.0. The Morgan fingerprint density at radius 1 is 1.39 bits per heavy atom.